The molecule has 3 rings (SSSR count). The van der Waals surface area contributed by atoms with E-state index in [1.165, 1.54) is 7.11 Å². The topological polar surface area (TPSA) is 44.8 Å². The lowest BCUT2D eigenvalue weighted by atomic mass is 9.98. The Kier molecular flexibility index (Phi) is 6.90. The molecule has 0 fully saturated rings. The van der Waals surface area contributed by atoms with Crippen molar-refractivity contribution in [1.82, 2.24) is 0 Å². The molecule has 0 heterocycles. The molecule has 0 unspecified atom stereocenters. The zero-order valence-electron chi connectivity index (χ0n) is 17.1. The highest BCUT2D eigenvalue weighted by molar-refractivity contribution is 5.93. The number of methoxy groups -OCH3 is 1. The molecule has 0 radical (unpaired) electrons. The van der Waals surface area contributed by atoms with Crippen LogP contribution in [0.3, 0.4) is 0 Å². The molecule has 150 valence electrons. The molecule has 0 spiro atoms. The van der Waals surface area contributed by atoms with Crippen LogP contribution in [0.4, 0.5) is 0 Å². The summed E-state index contributed by atoms with van der Waals surface area (Å²) in [5.74, 6) is 0.907. The van der Waals surface area contributed by atoms with Crippen LogP contribution in [0.2, 0.25) is 0 Å². The number of esters is 1. The van der Waals surface area contributed by atoms with E-state index in [2.05, 4.69) is 13.8 Å². The second-order valence-electron chi connectivity index (χ2n) is 7.08. The summed E-state index contributed by atoms with van der Waals surface area (Å²) in [7, 11) is 1.37. The standard InChI is InChI=1S/C25H26O4/c1-18(2)21-14-22(25(26)27-3)24(29-17-20-12-8-5-9-13-20)15-23(21)28-16-19-10-6-4-7-11-19/h4-15,18H,16-17H2,1-3H3. The Morgan fingerprint density at radius 1 is 0.793 bits per heavy atom. The first kappa shape index (κ1) is 20.5. The normalized spacial score (nSPS) is 10.6. The third-order valence-corrected chi connectivity index (χ3v) is 4.61. The maximum absolute atomic E-state index is 12.4. The number of hydrogen-bond acceptors (Lipinski definition) is 4. The molecule has 0 aromatic heterocycles. The quantitative estimate of drug-likeness (QED) is 0.459. The van der Waals surface area contributed by atoms with E-state index >= 15 is 0 Å². The fourth-order valence-corrected chi connectivity index (χ4v) is 3.01. The molecule has 0 saturated heterocycles. The summed E-state index contributed by atoms with van der Waals surface area (Å²) in [5.41, 5.74) is 3.43. The van der Waals surface area contributed by atoms with Gasteiger partial charge < -0.3 is 14.2 Å². The maximum atomic E-state index is 12.4. The minimum Gasteiger partial charge on any atom is -0.488 e. The van der Waals surface area contributed by atoms with Crippen LogP contribution < -0.4 is 9.47 Å². The van der Waals surface area contributed by atoms with Crippen molar-refractivity contribution >= 4 is 5.97 Å². The van der Waals surface area contributed by atoms with Gasteiger partial charge in [0.1, 0.15) is 30.3 Å². The van der Waals surface area contributed by atoms with Gasteiger partial charge in [-0.1, -0.05) is 74.5 Å². The third kappa shape index (κ3) is 5.38. The fourth-order valence-electron chi connectivity index (χ4n) is 3.01. The van der Waals surface area contributed by atoms with Crippen molar-refractivity contribution in [2.24, 2.45) is 0 Å². The van der Waals surface area contributed by atoms with Crippen LogP contribution in [-0.2, 0) is 18.0 Å². The van der Waals surface area contributed by atoms with E-state index in [1.807, 2.05) is 66.7 Å². The molecule has 0 amide bonds. The van der Waals surface area contributed by atoms with Gasteiger partial charge in [-0.05, 0) is 28.7 Å². The smallest absolute Gasteiger partial charge is 0.341 e. The molecule has 29 heavy (non-hydrogen) atoms. The van der Waals surface area contributed by atoms with Crippen LogP contribution in [0.5, 0.6) is 11.5 Å². The molecule has 0 atom stereocenters. The molecule has 0 aliphatic carbocycles. The minimum absolute atomic E-state index is 0.173. The summed E-state index contributed by atoms with van der Waals surface area (Å²) in [6, 6.07) is 23.4. The Morgan fingerprint density at radius 2 is 1.31 bits per heavy atom. The Labute approximate surface area is 172 Å². The molecule has 3 aromatic carbocycles. The van der Waals surface area contributed by atoms with Gasteiger partial charge in [0.2, 0.25) is 0 Å². The van der Waals surface area contributed by atoms with Gasteiger partial charge in [0, 0.05) is 6.07 Å². The average molecular weight is 390 g/mol. The van der Waals surface area contributed by atoms with E-state index < -0.39 is 5.97 Å². The minimum atomic E-state index is -0.426. The van der Waals surface area contributed by atoms with Gasteiger partial charge in [0.05, 0.1) is 7.11 Å². The predicted octanol–water partition coefficient (Wildman–Crippen LogP) is 5.75. The van der Waals surface area contributed by atoms with E-state index in [9.17, 15) is 4.79 Å². The van der Waals surface area contributed by atoms with Crippen LogP contribution in [0.15, 0.2) is 72.8 Å². The highest BCUT2D eigenvalue weighted by Crippen LogP contribution is 2.35. The summed E-state index contributed by atoms with van der Waals surface area (Å²) in [6.07, 6.45) is 0. The lowest BCUT2D eigenvalue weighted by molar-refractivity contribution is 0.0595. The van der Waals surface area contributed by atoms with Crippen LogP contribution >= 0.6 is 0 Å². The zero-order chi connectivity index (χ0) is 20.6. The number of rotatable bonds is 8. The van der Waals surface area contributed by atoms with Crippen LogP contribution in [0, 0.1) is 0 Å². The molecule has 4 nitrogen and oxygen atoms in total. The van der Waals surface area contributed by atoms with E-state index in [0.717, 1.165) is 16.7 Å². The van der Waals surface area contributed by atoms with Gasteiger partial charge in [0.25, 0.3) is 0 Å². The van der Waals surface area contributed by atoms with Crippen LogP contribution in [0.25, 0.3) is 0 Å². The van der Waals surface area contributed by atoms with Gasteiger partial charge in [0.15, 0.2) is 0 Å². The second-order valence-corrected chi connectivity index (χ2v) is 7.08. The van der Waals surface area contributed by atoms with Gasteiger partial charge >= 0.3 is 5.97 Å². The number of hydrogen-bond donors (Lipinski definition) is 0. The highest BCUT2D eigenvalue weighted by atomic mass is 16.5. The molecule has 0 bridgehead atoms. The van der Waals surface area contributed by atoms with Crippen molar-refractivity contribution < 1.29 is 19.0 Å². The average Bonchev–Trinajstić information content (AvgIpc) is 2.76. The Balaban J connectivity index is 1.91. The van der Waals surface area contributed by atoms with E-state index in [1.54, 1.807) is 6.07 Å². The molecule has 0 aliphatic rings. The van der Waals surface area contributed by atoms with E-state index in [0.29, 0.717) is 30.3 Å². The summed E-state index contributed by atoms with van der Waals surface area (Å²) < 4.78 is 17.1. The van der Waals surface area contributed by atoms with Crippen LogP contribution in [0.1, 0.15) is 46.8 Å². The SMILES string of the molecule is COC(=O)c1cc(C(C)C)c(OCc2ccccc2)cc1OCc1ccccc1. The zero-order valence-corrected chi connectivity index (χ0v) is 17.1. The van der Waals surface area contributed by atoms with Crippen LogP contribution in [-0.4, -0.2) is 13.1 Å². The van der Waals surface area contributed by atoms with Crippen molar-refractivity contribution in [2.75, 3.05) is 7.11 Å². The summed E-state index contributed by atoms with van der Waals surface area (Å²) in [5, 5.41) is 0. The first-order chi connectivity index (χ1) is 14.1. The second kappa shape index (κ2) is 9.78. The van der Waals surface area contributed by atoms with E-state index in [4.69, 9.17) is 14.2 Å². The Morgan fingerprint density at radius 3 is 1.79 bits per heavy atom. The first-order valence-corrected chi connectivity index (χ1v) is 9.68. The number of benzene rings is 3. The van der Waals surface area contributed by atoms with E-state index in [-0.39, 0.29) is 5.92 Å². The number of carbonyl (C=O) groups excluding carboxylic acids is 1. The van der Waals surface area contributed by atoms with Gasteiger partial charge in [-0.3, -0.25) is 0 Å². The Hall–Kier alpha value is -3.27. The molecule has 3 aromatic rings. The largest absolute Gasteiger partial charge is 0.488 e. The van der Waals surface area contributed by atoms with Gasteiger partial charge in [-0.25, -0.2) is 4.79 Å². The number of carbonyl (C=O) groups is 1. The van der Waals surface area contributed by atoms with Crippen molar-refractivity contribution in [3.63, 3.8) is 0 Å². The predicted molar refractivity (Wildman–Crippen MR) is 113 cm³/mol. The molecule has 0 saturated carbocycles. The molecule has 0 N–H and O–H groups in total. The third-order valence-electron chi connectivity index (χ3n) is 4.61. The summed E-state index contributed by atoms with van der Waals surface area (Å²) in [4.78, 5) is 12.4. The summed E-state index contributed by atoms with van der Waals surface area (Å²) in [6.45, 7) is 4.92. The maximum Gasteiger partial charge on any atom is 0.341 e. The lowest BCUT2D eigenvalue weighted by Crippen LogP contribution is -2.09. The fraction of sp³-hybridized carbons (Fsp3) is 0.240. The highest BCUT2D eigenvalue weighted by Gasteiger charge is 2.20. The van der Waals surface area contributed by atoms with Gasteiger partial charge in [-0.2, -0.15) is 0 Å². The molecule has 0 aliphatic heterocycles. The number of ether oxygens (including phenoxy) is 3. The lowest BCUT2D eigenvalue weighted by Gasteiger charge is -2.19. The monoisotopic (exact) mass is 390 g/mol. The van der Waals surface area contributed by atoms with Crippen molar-refractivity contribution in [3.05, 3.63) is 95.1 Å². The van der Waals surface area contributed by atoms with Crippen molar-refractivity contribution in [2.45, 2.75) is 33.0 Å². The summed E-state index contributed by atoms with van der Waals surface area (Å²) >= 11 is 0. The molecule has 4 heteroatoms. The van der Waals surface area contributed by atoms with Crippen molar-refractivity contribution in [1.29, 1.82) is 0 Å². The van der Waals surface area contributed by atoms with Gasteiger partial charge in [-0.15, -0.1) is 0 Å². The molecular weight excluding hydrogens is 364 g/mol. The molecular formula is C25H26O4. The first-order valence-electron chi connectivity index (χ1n) is 9.68. The van der Waals surface area contributed by atoms with Crippen molar-refractivity contribution in [3.8, 4) is 11.5 Å². The Bertz CT molecular complexity index is 934.